The van der Waals surface area contributed by atoms with Crippen molar-refractivity contribution in [2.24, 2.45) is 10.7 Å². The van der Waals surface area contributed by atoms with Crippen molar-refractivity contribution in [1.82, 2.24) is 25.6 Å². The first-order valence-electron chi connectivity index (χ1n) is 13.6. The van der Waals surface area contributed by atoms with Gasteiger partial charge in [0.25, 0.3) is 6.43 Å². The number of nitrogens with zero attached hydrogens (tertiary/aromatic N) is 4. The molecule has 1 aromatic heterocycles. The lowest BCUT2D eigenvalue weighted by atomic mass is 9.82. The van der Waals surface area contributed by atoms with E-state index in [2.05, 4.69) is 20.6 Å². The fourth-order valence-corrected chi connectivity index (χ4v) is 5.24. The Morgan fingerprint density at radius 1 is 1.37 bits per heavy atom. The van der Waals surface area contributed by atoms with Gasteiger partial charge in [-0.2, -0.15) is 5.06 Å². The Hall–Kier alpha value is -3.42. The maximum absolute atomic E-state index is 15.8. The summed E-state index contributed by atoms with van der Waals surface area (Å²) in [6.07, 6.45) is 1.05. The van der Waals surface area contributed by atoms with E-state index in [0.717, 1.165) is 35.8 Å². The number of aliphatic imine (C=N–C) groups is 1. The summed E-state index contributed by atoms with van der Waals surface area (Å²) in [5.74, 6) is -0.0147. The minimum atomic E-state index is -2.91. The maximum atomic E-state index is 15.8. The number of hydrogen-bond acceptors (Lipinski definition) is 7. The number of allylic oxidation sites excluding steroid dienone is 2. The van der Waals surface area contributed by atoms with Crippen LogP contribution in [0.4, 0.5) is 18.0 Å². The molecular formula is C28H38F3N7O3. The third-order valence-corrected chi connectivity index (χ3v) is 7.51. The van der Waals surface area contributed by atoms with Crippen molar-refractivity contribution in [3.8, 4) is 0 Å². The Bertz CT molecular complexity index is 1230. The van der Waals surface area contributed by atoms with Crippen LogP contribution >= 0.6 is 0 Å². The number of amides is 2. The van der Waals surface area contributed by atoms with Gasteiger partial charge in [-0.05, 0) is 43.6 Å². The van der Waals surface area contributed by atoms with Gasteiger partial charge in [0.05, 0.1) is 18.8 Å². The van der Waals surface area contributed by atoms with Crippen molar-refractivity contribution in [3.05, 3.63) is 58.6 Å². The zero-order valence-electron chi connectivity index (χ0n) is 23.5. The van der Waals surface area contributed by atoms with Gasteiger partial charge in [-0.3, -0.25) is 9.98 Å². The Labute approximate surface area is 237 Å². The number of carbonyl (C=O) groups is 1. The third-order valence-electron chi connectivity index (χ3n) is 7.51. The number of carbonyl (C=O) groups excluding carboxylic acids is 1. The number of halogens is 3. The second-order valence-electron chi connectivity index (χ2n) is 10.7. The number of amidine groups is 1. The predicted octanol–water partition coefficient (Wildman–Crippen LogP) is 3.01. The molecule has 13 heteroatoms. The first-order valence-corrected chi connectivity index (χ1v) is 13.6. The molecule has 1 saturated heterocycles. The number of rotatable bonds is 8. The minimum absolute atomic E-state index is 0.0147. The summed E-state index contributed by atoms with van der Waals surface area (Å²) in [6, 6.07) is 3.02. The lowest BCUT2D eigenvalue weighted by molar-refractivity contribution is -0.0740. The largest absolute Gasteiger partial charge is 0.385 e. The third kappa shape index (κ3) is 7.27. The molecule has 5 N–H and O–H groups in total. The van der Waals surface area contributed by atoms with E-state index in [9.17, 15) is 18.8 Å². The second-order valence-corrected chi connectivity index (χ2v) is 10.7. The second kappa shape index (κ2) is 13.0. The van der Waals surface area contributed by atoms with Gasteiger partial charge in [0.2, 0.25) is 0 Å². The molecule has 0 spiro atoms. The Morgan fingerprint density at radius 2 is 2.10 bits per heavy atom. The molecule has 2 atom stereocenters. The fourth-order valence-electron chi connectivity index (χ4n) is 5.24. The van der Waals surface area contributed by atoms with Gasteiger partial charge in [-0.25, -0.2) is 18.0 Å². The highest BCUT2D eigenvalue weighted by atomic mass is 19.3. The molecule has 10 nitrogen and oxygen atoms in total. The van der Waals surface area contributed by atoms with Crippen molar-refractivity contribution in [2.45, 2.75) is 56.9 Å². The number of nitrogens with one attached hydrogen (secondary N) is 2. The number of hydroxylamine groups is 2. The number of hydrogen-bond donors (Lipinski definition) is 4. The molecule has 2 unspecified atom stereocenters. The van der Waals surface area contributed by atoms with Crippen LogP contribution in [0.25, 0.3) is 5.57 Å². The van der Waals surface area contributed by atoms with Crippen LogP contribution in [-0.4, -0.2) is 96.6 Å². The smallest absolute Gasteiger partial charge is 0.317 e. The Kier molecular flexibility index (Phi) is 9.72. The molecule has 1 aromatic rings. The molecule has 0 bridgehead atoms. The van der Waals surface area contributed by atoms with Crippen LogP contribution in [-0.2, 0) is 11.3 Å². The topological polar surface area (TPSA) is 128 Å². The molecule has 3 heterocycles. The zero-order valence-corrected chi connectivity index (χ0v) is 23.5. The van der Waals surface area contributed by atoms with E-state index in [1.54, 1.807) is 17.0 Å². The maximum Gasteiger partial charge on any atom is 0.317 e. The standard InChI is InChI=1S/C28H38F3N7O3/c1-28(13-21(25(30)31)20(12-24(28)29)17-4-5-19(34-14-17)15-37(3)40)36-26(32)22-16-38(27(39)33-2)9-6-23(22)35-18-7-10-41-11-8-18/h4-5,12-14,18,24-25,35,40H,6-11,15-16H2,1-3H3,(H2,32,36)(H,33,39). The van der Waals surface area contributed by atoms with Crippen LogP contribution in [0, 0.1) is 0 Å². The van der Waals surface area contributed by atoms with Gasteiger partial charge < -0.3 is 31.2 Å². The molecule has 1 fully saturated rings. The molecule has 1 aliphatic carbocycles. The van der Waals surface area contributed by atoms with Crippen LogP contribution in [0.2, 0.25) is 0 Å². The number of aromatic nitrogens is 1. The Balaban J connectivity index is 1.67. The first-order chi connectivity index (χ1) is 19.5. The van der Waals surface area contributed by atoms with Crippen molar-refractivity contribution in [3.63, 3.8) is 0 Å². The normalized spacial score (nSPS) is 24.5. The summed E-state index contributed by atoms with van der Waals surface area (Å²) < 4.78 is 49.9. The SMILES string of the molecule is CNC(=O)N1CCC(NC2CCOCC2)=C(C(N)=NC2(C)C=C(C(F)F)C(c3ccc(CN(C)O)nc3)=CC2F)C1. The van der Waals surface area contributed by atoms with Gasteiger partial charge >= 0.3 is 6.03 Å². The lowest BCUT2D eigenvalue weighted by Crippen LogP contribution is -2.48. The summed E-state index contributed by atoms with van der Waals surface area (Å²) >= 11 is 0. The highest BCUT2D eigenvalue weighted by molar-refractivity contribution is 5.99. The summed E-state index contributed by atoms with van der Waals surface area (Å²) in [4.78, 5) is 22.6. The molecule has 0 radical (unpaired) electrons. The van der Waals surface area contributed by atoms with Gasteiger partial charge in [0, 0.05) is 74.9 Å². The van der Waals surface area contributed by atoms with E-state index < -0.39 is 18.1 Å². The van der Waals surface area contributed by atoms with Gasteiger partial charge in [0.15, 0.2) is 0 Å². The molecule has 0 saturated carbocycles. The molecule has 0 aromatic carbocycles. The Morgan fingerprint density at radius 3 is 2.71 bits per heavy atom. The van der Waals surface area contributed by atoms with Crippen LogP contribution in [0.3, 0.4) is 0 Å². The molecule has 3 aliphatic rings. The first kappa shape index (κ1) is 30.5. The highest BCUT2D eigenvalue weighted by Crippen LogP contribution is 2.39. The fraction of sp³-hybridized carbons (Fsp3) is 0.536. The van der Waals surface area contributed by atoms with E-state index >= 15 is 4.39 Å². The lowest BCUT2D eigenvalue weighted by Gasteiger charge is -2.35. The summed E-state index contributed by atoms with van der Waals surface area (Å²) in [5.41, 5.74) is 6.61. The number of ether oxygens (including phenoxy) is 1. The predicted molar refractivity (Wildman–Crippen MR) is 149 cm³/mol. The van der Waals surface area contributed by atoms with Crippen LogP contribution in [0.5, 0.6) is 0 Å². The molecule has 2 amide bonds. The molecular weight excluding hydrogens is 539 g/mol. The average Bonchev–Trinajstić information content (AvgIpc) is 2.94. The van der Waals surface area contributed by atoms with Gasteiger partial charge in [-0.1, -0.05) is 6.07 Å². The number of pyridine rings is 1. The molecule has 41 heavy (non-hydrogen) atoms. The monoisotopic (exact) mass is 577 g/mol. The average molecular weight is 578 g/mol. The van der Waals surface area contributed by atoms with Crippen LogP contribution in [0.1, 0.15) is 37.4 Å². The quantitative estimate of drug-likeness (QED) is 0.213. The van der Waals surface area contributed by atoms with E-state index in [4.69, 9.17) is 10.5 Å². The van der Waals surface area contributed by atoms with Gasteiger partial charge in [-0.15, -0.1) is 0 Å². The number of nitrogens with two attached hydrogens (primary N) is 1. The van der Waals surface area contributed by atoms with Crippen molar-refractivity contribution < 1.29 is 27.9 Å². The summed E-state index contributed by atoms with van der Waals surface area (Å²) in [7, 11) is 2.99. The molecule has 4 rings (SSSR count). The van der Waals surface area contributed by atoms with Crippen LogP contribution < -0.4 is 16.4 Å². The summed E-state index contributed by atoms with van der Waals surface area (Å²) in [6.45, 7) is 3.41. The number of urea groups is 1. The molecule has 2 aliphatic heterocycles. The van der Waals surface area contributed by atoms with E-state index in [1.165, 1.54) is 27.2 Å². The zero-order chi connectivity index (χ0) is 29.7. The molecule has 224 valence electrons. The highest BCUT2D eigenvalue weighted by Gasteiger charge is 2.39. The van der Waals surface area contributed by atoms with Crippen molar-refractivity contribution >= 4 is 17.4 Å². The van der Waals surface area contributed by atoms with Crippen molar-refractivity contribution in [2.75, 3.05) is 40.4 Å². The summed E-state index contributed by atoms with van der Waals surface area (Å²) in [5, 5.41) is 16.5. The van der Waals surface area contributed by atoms with E-state index in [0.29, 0.717) is 43.0 Å². The van der Waals surface area contributed by atoms with Gasteiger partial charge in [0.1, 0.15) is 17.5 Å². The van der Waals surface area contributed by atoms with Crippen molar-refractivity contribution in [1.29, 1.82) is 0 Å². The van der Waals surface area contributed by atoms with E-state index in [-0.39, 0.29) is 42.1 Å². The van der Waals surface area contributed by atoms with E-state index in [1.807, 2.05) is 0 Å². The minimum Gasteiger partial charge on any atom is -0.385 e. The number of alkyl halides is 3. The van der Waals surface area contributed by atoms with Crippen LogP contribution in [0.15, 0.2) is 52.3 Å².